The molecule has 0 atom stereocenters. The third kappa shape index (κ3) is 7.75. The van der Waals surface area contributed by atoms with Crippen LogP contribution in [0.2, 0.25) is 0 Å². The highest BCUT2D eigenvalue weighted by Crippen LogP contribution is 2.29. The Hall–Kier alpha value is -2.18. The summed E-state index contributed by atoms with van der Waals surface area (Å²) in [7, 11) is 0. The molecular formula is C26H39N3O3. The van der Waals surface area contributed by atoms with Crippen LogP contribution in [0.25, 0.3) is 10.9 Å². The fourth-order valence-corrected chi connectivity index (χ4v) is 4.18. The number of aromatic nitrogens is 1. The molecule has 1 N–H and O–H groups in total. The first-order valence-corrected chi connectivity index (χ1v) is 12.4. The highest BCUT2D eigenvalue weighted by molar-refractivity contribution is 5.85. The zero-order valence-electron chi connectivity index (χ0n) is 19.8. The van der Waals surface area contributed by atoms with Crippen molar-refractivity contribution in [1.82, 2.24) is 15.4 Å². The SMILES string of the molecule is CCCCc1cc(OC2CCN(CCCCONC(=O)CCC)CC2)c2ncccc2c1. The highest BCUT2D eigenvalue weighted by Gasteiger charge is 2.21. The van der Waals surface area contributed by atoms with Gasteiger partial charge in [0.25, 0.3) is 0 Å². The van der Waals surface area contributed by atoms with Gasteiger partial charge in [-0.15, -0.1) is 0 Å². The van der Waals surface area contributed by atoms with Gasteiger partial charge in [-0.2, -0.15) is 0 Å². The molecule has 2 aromatic rings. The summed E-state index contributed by atoms with van der Waals surface area (Å²) in [6.45, 7) is 7.96. The maximum Gasteiger partial charge on any atom is 0.243 e. The number of likely N-dealkylation sites (tertiary alicyclic amines) is 1. The van der Waals surface area contributed by atoms with E-state index in [9.17, 15) is 4.79 Å². The summed E-state index contributed by atoms with van der Waals surface area (Å²) in [6.07, 6.45) is 11.0. The number of aryl methyl sites for hydroxylation is 1. The molecule has 1 saturated heterocycles. The van der Waals surface area contributed by atoms with Gasteiger partial charge in [-0.05, 0) is 75.3 Å². The van der Waals surface area contributed by atoms with Crippen molar-refractivity contribution < 1.29 is 14.4 Å². The van der Waals surface area contributed by atoms with E-state index in [1.807, 2.05) is 19.2 Å². The average Bonchev–Trinajstić information content (AvgIpc) is 2.81. The van der Waals surface area contributed by atoms with Crippen LogP contribution in [0.3, 0.4) is 0 Å². The van der Waals surface area contributed by atoms with Crippen LogP contribution in [0.1, 0.15) is 70.8 Å². The van der Waals surface area contributed by atoms with Gasteiger partial charge in [0, 0.05) is 31.1 Å². The van der Waals surface area contributed by atoms with Crippen LogP contribution in [0, 0.1) is 0 Å². The molecule has 1 aromatic carbocycles. The van der Waals surface area contributed by atoms with Crippen molar-refractivity contribution in [3.8, 4) is 5.75 Å². The van der Waals surface area contributed by atoms with E-state index in [0.29, 0.717) is 13.0 Å². The van der Waals surface area contributed by atoms with E-state index < -0.39 is 0 Å². The Balaban J connectivity index is 1.41. The fourth-order valence-electron chi connectivity index (χ4n) is 4.18. The highest BCUT2D eigenvalue weighted by atomic mass is 16.6. The normalized spacial score (nSPS) is 15.2. The van der Waals surface area contributed by atoms with Gasteiger partial charge in [0.1, 0.15) is 17.4 Å². The Bertz CT molecular complexity index is 834. The molecule has 0 saturated carbocycles. The summed E-state index contributed by atoms with van der Waals surface area (Å²) in [5, 5.41) is 1.17. The number of hydrogen-bond acceptors (Lipinski definition) is 5. The molecule has 1 amide bonds. The Morgan fingerprint density at radius 2 is 2.00 bits per heavy atom. The molecule has 32 heavy (non-hydrogen) atoms. The average molecular weight is 442 g/mol. The van der Waals surface area contributed by atoms with Crippen molar-refractivity contribution in [2.45, 2.75) is 77.7 Å². The lowest BCUT2D eigenvalue weighted by atomic mass is 10.0. The van der Waals surface area contributed by atoms with E-state index in [-0.39, 0.29) is 12.0 Å². The lowest BCUT2D eigenvalue weighted by Crippen LogP contribution is -2.38. The number of carbonyl (C=O) groups is 1. The summed E-state index contributed by atoms with van der Waals surface area (Å²) in [4.78, 5) is 23.7. The van der Waals surface area contributed by atoms with Crippen molar-refractivity contribution in [1.29, 1.82) is 0 Å². The number of nitrogens with zero attached hydrogens (tertiary/aromatic N) is 2. The van der Waals surface area contributed by atoms with Crippen LogP contribution in [0.15, 0.2) is 30.5 Å². The van der Waals surface area contributed by atoms with Crippen molar-refractivity contribution in [2.75, 3.05) is 26.2 Å². The third-order valence-electron chi connectivity index (χ3n) is 6.01. The first-order chi connectivity index (χ1) is 15.7. The van der Waals surface area contributed by atoms with Crippen molar-refractivity contribution in [3.05, 3.63) is 36.0 Å². The molecule has 1 aromatic heterocycles. The molecule has 176 valence electrons. The number of hydrogen-bond donors (Lipinski definition) is 1. The van der Waals surface area contributed by atoms with E-state index in [2.05, 4.69) is 40.5 Å². The number of unbranched alkanes of at least 4 members (excludes halogenated alkanes) is 2. The minimum atomic E-state index is -0.0338. The Kier molecular flexibility index (Phi) is 10.2. The van der Waals surface area contributed by atoms with Crippen LogP contribution in [-0.2, 0) is 16.1 Å². The molecule has 0 bridgehead atoms. The van der Waals surface area contributed by atoms with E-state index in [1.54, 1.807) is 0 Å². The van der Waals surface area contributed by atoms with Crippen molar-refractivity contribution in [3.63, 3.8) is 0 Å². The number of fused-ring (bicyclic) bond motifs is 1. The maximum absolute atomic E-state index is 11.4. The van der Waals surface area contributed by atoms with Crippen LogP contribution in [-0.4, -0.2) is 48.1 Å². The summed E-state index contributed by atoms with van der Waals surface area (Å²) in [6, 6.07) is 8.59. The van der Waals surface area contributed by atoms with Gasteiger partial charge >= 0.3 is 0 Å². The number of rotatable bonds is 13. The first kappa shape index (κ1) is 24.5. The van der Waals surface area contributed by atoms with Gasteiger partial charge in [-0.1, -0.05) is 26.3 Å². The topological polar surface area (TPSA) is 63.7 Å². The molecule has 0 radical (unpaired) electrons. The summed E-state index contributed by atoms with van der Waals surface area (Å²) in [5.41, 5.74) is 4.82. The second kappa shape index (κ2) is 13.4. The predicted molar refractivity (Wildman–Crippen MR) is 129 cm³/mol. The number of hydroxylamine groups is 1. The van der Waals surface area contributed by atoms with Gasteiger partial charge in [0.2, 0.25) is 5.91 Å². The smallest absolute Gasteiger partial charge is 0.243 e. The zero-order valence-corrected chi connectivity index (χ0v) is 19.8. The molecule has 6 nitrogen and oxygen atoms in total. The van der Waals surface area contributed by atoms with E-state index in [4.69, 9.17) is 9.57 Å². The minimum absolute atomic E-state index is 0.0338. The molecule has 1 aliphatic rings. The molecule has 0 unspecified atom stereocenters. The molecule has 1 fully saturated rings. The van der Waals surface area contributed by atoms with Crippen LogP contribution >= 0.6 is 0 Å². The van der Waals surface area contributed by atoms with Gasteiger partial charge in [0.05, 0.1) is 6.61 Å². The summed E-state index contributed by atoms with van der Waals surface area (Å²) >= 11 is 0. The number of ether oxygens (including phenoxy) is 1. The first-order valence-electron chi connectivity index (χ1n) is 12.4. The zero-order chi connectivity index (χ0) is 22.6. The van der Waals surface area contributed by atoms with E-state index in [1.165, 1.54) is 23.8 Å². The van der Waals surface area contributed by atoms with E-state index >= 15 is 0 Å². The van der Waals surface area contributed by atoms with Crippen LogP contribution in [0.5, 0.6) is 5.75 Å². The molecule has 2 heterocycles. The predicted octanol–water partition coefficient (Wildman–Crippen LogP) is 5.05. The monoisotopic (exact) mass is 441 g/mol. The lowest BCUT2D eigenvalue weighted by molar-refractivity contribution is -0.133. The largest absolute Gasteiger partial charge is 0.488 e. The maximum atomic E-state index is 11.4. The molecular weight excluding hydrogens is 402 g/mol. The van der Waals surface area contributed by atoms with Gasteiger partial charge in [-0.3, -0.25) is 14.6 Å². The quantitative estimate of drug-likeness (QED) is 0.348. The number of amides is 1. The summed E-state index contributed by atoms with van der Waals surface area (Å²) < 4.78 is 6.49. The Morgan fingerprint density at radius 3 is 2.78 bits per heavy atom. The Morgan fingerprint density at radius 1 is 1.16 bits per heavy atom. The molecule has 0 spiro atoms. The fraction of sp³-hybridized carbons (Fsp3) is 0.615. The minimum Gasteiger partial charge on any atom is -0.488 e. The van der Waals surface area contributed by atoms with Crippen LogP contribution in [0.4, 0.5) is 0 Å². The molecule has 0 aliphatic carbocycles. The third-order valence-corrected chi connectivity index (χ3v) is 6.01. The van der Waals surface area contributed by atoms with Gasteiger partial charge in [0.15, 0.2) is 0 Å². The molecule has 3 rings (SSSR count). The second-order valence-corrected chi connectivity index (χ2v) is 8.76. The van der Waals surface area contributed by atoms with Crippen molar-refractivity contribution in [2.24, 2.45) is 0 Å². The number of piperidine rings is 1. The molecule has 6 heteroatoms. The Labute approximate surface area is 192 Å². The van der Waals surface area contributed by atoms with Gasteiger partial charge in [-0.25, -0.2) is 5.48 Å². The molecule has 1 aliphatic heterocycles. The number of pyridine rings is 1. The lowest BCUT2D eigenvalue weighted by Gasteiger charge is -2.32. The number of benzene rings is 1. The van der Waals surface area contributed by atoms with Crippen molar-refractivity contribution >= 4 is 16.8 Å². The summed E-state index contributed by atoms with van der Waals surface area (Å²) in [5.74, 6) is 0.906. The number of nitrogens with one attached hydrogen (secondary N) is 1. The second-order valence-electron chi connectivity index (χ2n) is 8.76. The standard InChI is InChI=1S/C26H39N3O3/c1-3-5-10-21-19-22-11-8-14-27-26(22)24(20-21)32-23-12-16-29(17-13-23)15-6-7-18-31-28-25(30)9-4-2/h8,11,14,19-20,23H,3-7,9-10,12-13,15-18H2,1-2H3,(H,28,30). The van der Waals surface area contributed by atoms with E-state index in [0.717, 1.165) is 69.4 Å². The van der Waals surface area contributed by atoms with Gasteiger partial charge < -0.3 is 9.64 Å². The van der Waals surface area contributed by atoms with Crippen LogP contribution < -0.4 is 10.2 Å². The number of carbonyl (C=O) groups excluding carboxylic acids is 1.